The van der Waals surface area contributed by atoms with Gasteiger partial charge in [0.2, 0.25) is 0 Å². The summed E-state index contributed by atoms with van der Waals surface area (Å²) in [6.45, 7) is 6.75. The average Bonchev–Trinajstić information content (AvgIpc) is 2.10. The Balaban J connectivity index is 4.90. The van der Waals surface area contributed by atoms with Crippen LogP contribution in [0.25, 0.3) is 0 Å². The zero-order valence-electron chi connectivity index (χ0n) is 12.0. The third-order valence-electron chi connectivity index (χ3n) is 2.63. The van der Waals surface area contributed by atoms with Gasteiger partial charge >= 0.3 is 11.9 Å². The van der Waals surface area contributed by atoms with Crippen molar-refractivity contribution in [1.82, 2.24) is 4.90 Å². The zero-order chi connectivity index (χ0) is 14.7. The van der Waals surface area contributed by atoms with Crippen molar-refractivity contribution in [2.24, 2.45) is 11.7 Å². The van der Waals surface area contributed by atoms with Crippen molar-refractivity contribution < 1.29 is 19.4 Å². The Morgan fingerprint density at radius 3 is 2.00 bits per heavy atom. The van der Waals surface area contributed by atoms with Gasteiger partial charge in [0, 0.05) is 6.42 Å². The van der Waals surface area contributed by atoms with E-state index in [0.29, 0.717) is 0 Å². The molecule has 0 heterocycles. The first-order valence-corrected chi connectivity index (χ1v) is 5.79. The van der Waals surface area contributed by atoms with Crippen LogP contribution in [0.3, 0.4) is 0 Å². The van der Waals surface area contributed by atoms with Gasteiger partial charge in [-0.15, -0.1) is 0 Å². The van der Waals surface area contributed by atoms with Crippen molar-refractivity contribution in [3.63, 3.8) is 0 Å². The van der Waals surface area contributed by atoms with E-state index >= 15 is 0 Å². The molecule has 0 aromatic carbocycles. The smallest absolute Gasteiger partial charge is 0.320 e. The lowest BCUT2D eigenvalue weighted by atomic mass is 9.95. The molecular weight excluding hydrogens is 236 g/mol. The molecule has 106 valence electrons. The number of carboxylic acid groups (broad SMARTS) is 1. The molecule has 0 rings (SSSR count). The van der Waals surface area contributed by atoms with Crippen LogP contribution < -0.4 is 5.73 Å². The molecule has 0 saturated carbocycles. The van der Waals surface area contributed by atoms with Gasteiger partial charge in [0.05, 0.1) is 5.66 Å². The van der Waals surface area contributed by atoms with E-state index in [-0.39, 0.29) is 6.42 Å². The molecule has 2 unspecified atom stereocenters. The van der Waals surface area contributed by atoms with Gasteiger partial charge < -0.3 is 15.6 Å². The van der Waals surface area contributed by atoms with E-state index in [0.717, 1.165) is 0 Å². The number of nitrogens with two attached hydrogens (primary N) is 1. The molecular formula is C12H24N2O4. The molecule has 18 heavy (non-hydrogen) atoms. The summed E-state index contributed by atoms with van der Waals surface area (Å²) in [7, 11) is 3.46. The highest BCUT2D eigenvalue weighted by molar-refractivity contribution is 5.94. The number of nitrogens with zero attached hydrogens (tertiary/aromatic N) is 1. The van der Waals surface area contributed by atoms with Gasteiger partial charge in [0.25, 0.3) is 0 Å². The van der Waals surface area contributed by atoms with E-state index in [4.69, 9.17) is 15.6 Å². The van der Waals surface area contributed by atoms with Crippen LogP contribution in [0.2, 0.25) is 0 Å². The van der Waals surface area contributed by atoms with Crippen LogP contribution in [0.5, 0.6) is 0 Å². The maximum atomic E-state index is 11.8. The number of aliphatic carboxylic acids is 1. The molecule has 0 aliphatic heterocycles. The van der Waals surface area contributed by atoms with E-state index in [1.807, 2.05) is 0 Å². The van der Waals surface area contributed by atoms with Crippen LogP contribution in [0.4, 0.5) is 0 Å². The molecule has 0 aliphatic carbocycles. The van der Waals surface area contributed by atoms with Crippen molar-refractivity contribution in [2.75, 3.05) is 14.1 Å². The van der Waals surface area contributed by atoms with E-state index in [9.17, 15) is 9.59 Å². The number of carbonyl (C=O) groups excluding carboxylic acids is 1. The molecule has 6 nitrogen and oxygen atoms in total. The summed E-state index contributed by atoms with van der Waals surface area (Å²) in [5.41, 5.74) is 4.35. The SMILES string of the molecule is CN(C)C(C)(N)CC(C(=O)O)C(=O)OC(C)(C)C. The number of carbonyl (C=O) groups is 2. The summed E-state index contributed by atoms with van der Waals surface area (Å²) in [5.74, 6) is -3.24. The fourth-order valence-electron chi connectivity index (χ4n) is 1.24. The first kappa shape index (κ1) is 16.9. The lowest BCUT2D eigenvalue weighted by molar-refractivity contribution is -0.168. The molecule has 0 bridgehead atoms. The highest BCUT2D eigenvalue weighted by Gasteiger charge is 2.37. The van der Waals surface area contributed by atoms with Crippen LogP contribution in [0, 0.1) is 5.92 Å². The fourth-order valence-corrected chi connectivity index (χ4v) is 1.24. The second-order valence-corrected chi connectivity index (χ2v) is 5.88. The Hall–Kier alpha value is -1.14. The predicted molar refractivity (Wildman–Crippen MR) is 67.9 cm³/mol. The molecule has 0 radical (unpaired) electrons. The molecule has 0 amide bonds. The van der Waals surface area contributed by atoms with Crippen LogP contribution in [-0.2, 0) is 14.3 Å². The van der Waals surface area contributed by atoms with E-state index in [1.165, 1.54) is 0 Å². The van der Waals surface area contributed by atoms with Gasteiger partial charge in [-0.3, -0.25) is 14.5 Å². The average molecular weight is 260 g/mol. The molecule has 0 aliphatic rings. The normalized spacial score (nSPS) is 17.1. The zero-order valence-corrected chi connectivity index (χ0v) is 12.0. The van der Waals surface area contributed by atoms with Crippen molar-refractivity contribution in [1.29, 1.82) is 0 Å². The molecule has 0 aromatic rings. The minimum absolute atomic E-state index is 0.00968. The van der Waals surface area contributed by atoms with Crippen LogP contribution >= 0.6 is 0 Å². The third kappa shape index (κ3) is 5.46. The first-order valence-electron chi connectivity index (χ1n) is 5.79. The Kier molecular flexibility index (Phi) is 5.31. The minimum Gasteiger partial charge on any atom is -0.481 e. The number of rotatable bonds is 5. The number of hydrogen-bond donors (Lipinski definition) is 2. The van der Waals surface area contributed by atoms with Crippen LogP contribution in [-0.4, -0.2) is 47.3 Å². The first-order chi connectivity index (χ1) is 7.87. The van der Waals surface area contributed by atoms with Crippen molar-refractivity contribution in [3.05, 3.63) is 0 Å². The quantitative estimate of drug-likeness (QED) is 0.428. The van der Waals surface area contributed by atoms with Gasteiger partial charge in [0.15, 0.2) is 5.92 Å². The highest BCUT2D eigenvalue weighted by atomic mass is 16.6. The summed E-state index contributed by atoms with van der Waals surface area (Å²) in [5, 5.41) is 9.11. The molecule has 0 fully saturated rings. The second-order valence-electron chi connectivity index (χ2n) is 5.88. The highest BCUT2D eigenvalue weighted by Crippen LogP contribution is 2.20. The molecule has 3 N–H and O–H groups in total. The largest absolute Gasteiger partial charge is 0.481 e. The van der Waals surface area contributed by atoms with Crippen LogP contribution in [0.1, 0.15) is 34.1 Å². The van der Waals surface area contributed by atoms with Gasteiger partial charge in [-0.1, -0.05) is 0 Å². The summed E-state index contributed by atoms with van der Waals surface area (Å²) in [6, 6.07) is 0. The van der Waals surface area contributed by atoms with Gasteiger partial charge in [0.1, 0.15) is 5.60 Å². The number of ether oxygens (including phenoxy) is 1. The Morgan fingerprint density at radius 2 is 1.72 bits per heavy atom. The summed E-state index contributed by atoms with van der Waals surface area (Å²) in [6.07, 6.45) is -0.00968. The van der Waals surface area contributed by atoms with Crippen molar-refractivity contribution in [2.45, 2.75) is 45.4 Å². The number of carboxylic acids is 1. The molecule has 0 saturated heterocycles. The van der Waals surface area contributed by atoms with Crippen LogP contribution in [0.15, 0.2) is 0 Å². The Morgan fingerprint density at radius 1 is 1.28 bits per heavy atom. The van der Waals surface area contributed by atoms with E-state index < -0.39 is 29.1 Å². The summed E-state index contributed by atoms with van der Waals surface area (Å²) < 4.78 is 5.09. The standard InChI is InChI=1S/C12H24N2O4/c1-11(2,3)18-10(17)8(9(15)16)7-12(4,13)14(5)6/h8H,7,13H2,1-6H3,(H,15,16). The van der Waals surface area contributed by atoms with E-state index in [1.54, 1.807) is 46.7 Å². The monoisotopic (exact) mass is 260 g/mol. The lowest BCUT2D eigenvalue weighted by Gasteiger charge is -2.34. The summed E-state index contributed by atoms with van der Waals surface area (Å²) in [4.78, 5) is 24.6. The van der Waals surface area contributed by atoms with Gasteiger partial charge in [-0.2, -0.15) is 0 Å². The minimum atomic E-state index is -1.26. The van der Waals surface area contributed by atoms with E-state index in [2.05, 4.69) is 0 Å². The summed E-state index contributed by atoms with van der Waals surface area (Å²) >= 11 is 0. The number of esters is 1. The van der Waals surface area contributed by atoms with Crippen molar-refractivity contribution >= 4 is 11.9 Å². The fraction of sp³-hybridized carbons (Fsp3) is 0.833. The second kappa shape index (κ2) is 5.67. The predicted octanol–water partition coefficient (Wildman–Crippen LogP) is 0.656. The number of hydrogen-bond acceptors (Lipinski definition) is 5. The molecule has 0 aromatic heterocycles. The Bertz CT molecular complexity index is 319. The Labute approximate surface area is 108 Å². The molecule has 2 atom stereocenters. The van der Waals surface area contributed by atoms with Crippen molar-refractivity contribution in [3.8, 4) is 0 Å². The maximum absolute atomic E-state index is 11.8. The molecule has 6 heteroatoms. The van der Waals surface area contributed by atoms with Gasteiger partial charge in [-0.05, 0) is 41.8 Å². The third-order valence-corrected chi connectivity index (χ3v) is 2.63. The topological polar surface area (TPSA) is 92.9 Å². The lowest BCUT2D eigenvalue weighted by Crippen LogP contribution is -2.53. The maximum Gasteiger partial charge on any atom is 0.320 e. The molecule has 0 spiro atoms. The van der Waals surface area contributed by atoms with Gasteiger partial charge in [-0.25, -0.2) is 0 Å².